The fourth-order valence-corrected chi connectivity index (χ4v) is 2.06. The minimum atomic E-state index is -0.193. The molecule has 1 unspecified atom stereocenters. The summed E-state index contributed by atoms with van der Waals surface area (Å²) in [6.07, 6.45) is 5.67. The van der Waals surface area contributed by atoms with E-state index < -0.39 is 0 Å². The first kappa shape index (κ1) is 9.96. The van der Waals surface area contributed by atoms with Crippen molar-refractivity contribution in [2.45, 2.75) is 12.5 Å². The van der Waals surface area contributed by atoms with Gasteiger partial charge in [-0.05, 0) is 5.56 Å². The van der Waals surface area contributed by atoms with Gasteiger partial charge < -0.3 is 0 Å². The number of hydrogen-bond donors (Lipinski definition) is 1. The maximum absolute atomic E-state index is 12.1. The molecule has 1 N–H and O–H groups in total. The molecule has 4 heteroatoms. The van der Waals surface area contributed by atoms with Crippen LogP contribution in [-0.4, -0.2) is 16.9 Å². The predicted octanol–water partition coefficient (Wildman–Crippen LogP) is 1.05. The molecule has 84 valence electrons. The summed E-state index contributed by atoms with van der Waals surface area (Å²) in [4.78, 5) is 16.1. The smallest absolute Gasteiger partial charge is 0.258 e. The van der Waals surface area contributed by atoms with Crippen LogP contribution in [0.5, 0.6) is 0 Å². The highest BCUT2D eigenvalue weighted by atomic mass is 16.2. The van der Waals surface area contributed by atoms with Crippen LogP contribution in [0.25, 0.3) is 0 Å². The highest BCUT2D eigenvalue weighted by molar-refractivity contribution is 5.81. The molecule has 1 aliphatic rings. The molecular weight excluding hydrogens is 214 g/mol. The van der Waals surface area contributed by atoms with E-state index in [1.807, 2.05) is 30.3 Å². The SMILES string of the molecule is O=C1C(Cc2ccccc2)Nc2cncc[n+]21. The molecule has 1 aliphatic heterocycles. The summed E-state index contributed by atoms with van der Waals surface area (Å²) in [6.45, 7) is 0. The first-order chi connectivity index (χ1) is 8.34. The molecule has 0 saturated heterocycles. The van der Waals surface area contributed by atoms with Gasteiger partial charge in [0.25, 0.3) is 0 Å². The van der Waals surface area contributed by atoms with E-state index in [0.717, 1.165) is 11.4 Å². The van der Waals surface area contributed by atoms with Crippen molar-refractivity contribution in [3.05, 3.63) is 54.5 Å². The lowest BCUT2D eigenvalue weighted by molar-refractivity contribution is -0.553. The third kappa shape index (κ3) is 1.78. The fraction of sp³-hybridized carbons (Fsp3) is 0.154. The molecule has 4 nitrogen and oxygen atoms in total. The molecule has 0 spiro atoms. The van der Waals surface area contributed by atoms with Crippen LogP contribution in [0.4, 0.5) is 5.82 Å². The minimum Gasteiger partial charge on any atom is -0.258 e. The fourth-order valence-electron chi connectivity index (χ4n) is 2.06. The van der Waals surface area contributed by atoms with E-state index in [0.29, 0.717) is 6.42 Å². The van der Waals surface area contributed by atoms with Crippen LogP contribution >= 0.6 is 0 Å². The number of nitrogens with one attached hydrogen (secondary N) is 1. The van der Waals surface area contributed by atoms with Crippen molar-refractivity contribution in [2.24, 2.45) is 0 Å². The Kier molecular flexibility index (Phi) is 2.33. The van der Waals surface area contributed by atoms with E-state index in [2.05, 4.69) is 10.3 Å². The summed E-state index contributed by atoms with van der Waals surface area (Å²) >= 11 is 0. The van der Waals surface area contributed by atoms with Crippen LogP contribution in [-0.2, 0) is 6.42 Å². The average molecular weight is 226 g/mol. The molecule has 0 fully saturated rings. The summed E-state index contributed by atoms with van der Waals surface area (Å²) in [5, 5.41) is 3.18. The normalized spacial score (nSPS) is 17.6. The molecule has 0 bridgehead atoms. The first-order valence-electron chi connectivity index (χ1n) is 5.55. The highest BCUT2D eigenvalue weighted by Crippen LogP contribution is 2.12. The number of nitrogens with zero attached hydrogens (tertiary/aromatic N) is 2. The third-order valence-corrected chi connectivity index (χ3v) is 2.90. The lowest BCUT2D eigenvalue weighted by Crippen LogP contribution is -2.43. The third-order valence-electron chi connectivity index (χ3n) is 2.90. The standard InChI is InChI=1S/C13H11N3O/c17-13-11(8-10-4-2-1-3-5-10)15-12-9-14-6-7-16(12)13/h1-7,9,11H,8H2/p+1. The van der Waals surface area contributed by atoms with Gasteiger partial charge in [-0.3, -0.25) is 10.3 Å². The Morgan fingerprint density at radius 2 is 2.12 bits per heavy atom. The van der Waals surface area contributed by atoms with Gasteiger partial charge in [-0.25, -0.2) is 4.79 Å². The number of aromatic nitrogens is 2. The summed E-state index contributed by atoms with van der Waals surface area (Å²) in [6, 6.07) is 9.80. The van der Waals surface area contributed by atoms with Crippen molar-refractivity contribution in [3.63, 3.8) is 0 Å². The summed E-state index contributed by atoms with van der Waals surface area (Å²) in [7, 11) is 0. The number of carbonyl (C=O) groups is 1. The largest absolute Gasteiger partial charge is 0.359 e. The molecular formula is C13H12N3O+. The number of benzene rings is 1. The highest BCUT2D eigenvalue weighted by Gasteiger charge is 2.37. The second kappa shape index (κ2) is 3.97. The minimum absolute atomic E-state index is 0.0752. The molecule has 0 aliphatic carbocycles. The van der Waals surface area contributed by atoms with E-state index in [1.54, 1.807) is 23.2 Å². The Bertz CT molecular complexity index is 554. The van der Waals surface area contributed by atoms with Crippen LogP contribution in [0, 0.1) is 0 Å². The second-order valence-corrected chi connectivity index (χ2v) is 4.06. The maximum Gasteiger partial charge on any atom is 0.359 e. The Hall–Kier alpha value is -2.23. The van der Waals surface area contributed by atoms with E-state index in [-0.39, 0.29) is 11.9 Å². The molecule has 0 saturated carbocycles. The van der Waals surface area contributed by atoms with Crippen LogP contribution in [0.15, 0.2) is 48.9 Å². The first-order valence-corrected chi connectivity index (χ1v) is 5.55. The summed E-state index contributed by atoms with van der Waals surface area (Å²) < 4.78 is 1.61. The summed E-state index contributed by atoms with van der Waals surface area (Å²) in [5.74, 6) is 0.838. The second-order valence-electron chi connectivity index (χ2n) is 4.06. The van der Waals surface area contributed by atoms with Crippen molar-refractivity contribution in [1.29, 1.82) is 0 Å². The molecule has 3 rings (SSSR count). The van der Waals surface area contributed by atoms with Gasteiger partial charge in [0.2, 0.25) is 0 Å². The molecule has 1 aromatic heterocycles. The maximum atomic E-state index is 12.1. The molecule has 2 aromatic rings. The van der Waals surface area contributed by atoms with Crippen molar-refractivity contribution in [3.8, 4) is 0 Å². The van der Waals surface area contributed by atoms with Crippen molar-refractivity contribution in [2.75, 3.05) is 5.32 Å². The van der Waals surface area contributed by atoms with Crippen molar-refractivity contribution < 1.29 is 9.36 Å². The Balaban J connectivity index is 1.83. The zero-order valence-corrected chi connectivity index (χ0v) is 9.21. The van der Waals surface area contributed by atoms with Gasteiger partial charge in [-0.1, -0.05) is 30.3 Å². The van der Waals surface area contributed by atoms with Gasteiger partial charge in [0.15, 0.2) is 6.04 Å². The molecule has 1 atom stereocenters. The van der Waals surface area contributed by atoms with Gasteiger partial charge in [-0.2, -0.15) is 4.57 Å². The Morgan fingerprint density at radius 1 is 1.29 bits per heavy atom. The zero-order chi connectivity index (χ0) is 11.7. The van der Waals surface area contributed by atoms with E-state index in [1.165, 1.54) is 0 Å². The molecule has 0 radical (unpaired) electrons. The lowest BCUT2D eigenvalue weighted by Gasteiger charge is -2.02. The van der Waals surface area contributed by atoms with Gasteiger partial charge in [0.1, 0.15) is 12.4 Å². The average Bonchev–Trinajstić information content (AvgIpc) is 2.68. The zero-order valence-electron chi connectivity index (χ0n) is 9.21. The van der Waals surface area contributed by atoms with E-state index >= 15 is 0 Å². The van der Waals surface area contributed by atoms with Crippen molar-refractivity contribution in [1.82, 2.24) is 4.98 Å². The predicted molar refractivity (Wildman–Crippen MR) is 62.6 cm³/mol. The number of anilines is 1. The van der Waals surface area contributed by atoms with E-state index in [4.69, 9.17) is 0 Å². The van der Waals surface area contributed by atoms with Crippen molar-refractivity contribution >= 4 is 11.7 Å². The number of carbonyl (C=O) groups excluding carboxylic acids is 1. The van der Waals surface area contributed by atoms with Gasteiger partial charge in [0.05, 0.1) is 6.20 Å². The van der Waals surface area contributed by atoms with E-state index in [9.17, 15) is 4.79 Å². The molecule has 0 amide bonds. The van der Waals surface area contributed by atoms with Crippen LogP contribution in [0.1, 0.15) is 10.4 Å². The van der Waals surface area contributed by atoms with Gasteiger partial charge in [0, 0.05) is 6.42 Å². The van der Waals surface area contributed by atoms with Gasteiger partial charge >= 0.3 is 11.7 Å². The van der Waals surface area contributed by atoms with Crippen LogP contribution in [0.3, 0.4) is 0 Å². The van der Waals surface area contributed by atoms with Crippen LogP contribution < -0.4 is 9.88 Å². The van der Waals surface area contributed by atoms with Gasteiger partial charge in [-0.15, -0.1) is 0 Å². The molecule has 17 heavy (non-hydrogen) atoms. The molecule has 2 heterocycles. The number of rotatable bonds is 2. The quantitative estimate of drug-likeness (QED) is 0.778. The lowest BCUT2D eigenvalue weighted by atomic mass is 10.1. The number of hydrogen-bond acceptors (Lipinski definition) is 3. The van der Waals surface area contributed by atoms with Crippen LogP contribution in [0.2, 0.25) is 0 Å². The Labute approximate surface area is 98.9 Å². The Morgan fingerprint density at radius 3 is 2.88 bits per heavy atom. The summed E-state index contributed by atoms with van der Waals surface area (Å²) in [5.41, 5.74) is 1.15. The monoisotopic (exact) mass is 226 g/mol. The number of fused-ring (bicyclic) bond motifs is 1. The topological polar surface area (TPSA) is 45.9 Å². The molecule has 1 aromatic carbocycles.